The van der Waals surface area contributed by atoms with E-state index in [1.807, 2.05) is 6.07 Å². The van der Waals surface area contributed by atoms with Gasteiger partial charge >= 0.3 is 16.1 Å². The third kappa shape index (κ3) is 4.89. The van der Waals surface area contributed by atoms with Gasteiger partial charge in [0.25, 0.3) is 0 Å². The van der Waals surface area contributed by atoms with Crippen LogP contribution in [0.1, 0.15) is 11.1 Å². The van der Waals surface area contributed by atoms with Crippen LogP contribution in [0.25, 0.3) is 6.08 Å². The van der Waals surface area contributed by atoms with E-state index in [9.17, 15) is 17.6 Å². The van der Waals surface area contributed by atoms with Crippen LogP contribution >= 0.6 is 15.9 Å². The third-order valence-corrected chi connectivity index (χ3v) is 5.94. The Morgan fingerprint density at radius 3 is 2.39 bits per heavy atom. The lowest BCUT2D eigenvalue weighted by Gasteiger charge is -2.07. The Kier molecular flexibility index (Phi) is 5.71. The zero-order valence-corrected chi connectivity index (χ0v) is 18.1. The Morgan fingerprint density at radius 2 is 1.71 bits per heavy atom. The molecule has 0 radical (unpaired) electrons. The Hall–Kier alpha value is -3.30. The highest BCUT2D eigenvalue weighted by atomic mass is 79.9. The second kappa shape index (κ2) is 8.44. The van der Waals surface area contributed by atoms with E-state index in [2.05, 4.69) is 20.9 Å². The summed E-state index contributed by atoms with van der Waals surface area (Å²) in [6, 6.07) is 17.5. The minimum atomic E-state index is -4.10. The van der Waals surface area contributed by atoms with Crippen LogP contribution in [-0.4, -0.2) is 20.3 Å². The van der Waals surface area contributed by atoms with E-state index in [0.717, 1.165) is 28.7 Å². The molecule has 156 valence electrons. The summed E-state index contributed by atoms with van der Waals surface area (Å²) >= 11 is 3.36. The molecule has 0 atom stereocenters. The van der Waals surface area contributed by atoms with Crippen LogP contribution in [0, 0.1) is 5.82 Å². The molecule has 3 aromatic rings. The molecule has 0 bridgehead atoms. The quantitative estimate of drug-likeness (QED) is 0.287. The number of hydrogen-bond acceptors (Lipinski definition) is 6. The Balaban J connectivity index is 1.52. The van der Waals surface area contributed by atoms with E-state index in [0.29, 0.717) is 11.1 Å². The number of esters is 1. The lowest BCUT2D eigenvalue weighted by molar-refractivity contribution is -0.129. The molecule has 0 amide bonds. The summed E-state index contributed by atoms with van der Waals surface area (Å²) in [7, 11) is -4.10. The van der Waals surface area contributed by atoms with Crippen LogP contribution in [0.2, 0.25) is 0 Å². The number of aliphatic imine (C=N–C) groups is 1. The van der Waals surface area contributed by atoms with Crippen LogP contribution in [-0.2, 0) is 19.6 Å². The molecule has 4 rings (SSSR count). The van der Waals surface area contributed by atoms with Crippen molar-refractivity contribution in [1.82, 2.24) is 0 Å². The highest BCUT2D eigenvalue weighted by molar-refractivity contribution is 9.10. The van der Waals surface area contributed by atoms with Gasteiger partial charge in [-0.15, -0.1) is 0 Å². The number of nitrogens with zero attached hydrogens (tertiary/aromatic N) is 1. The van der Waals surface area contributed by atoms with Gasteiger partial charge in [-0.05, 0) is 66.2 Å². The predicted octanol–water partition coefficient (Wildman–Crippen LogP) is 4.70. The molecule has 3 aromatic carbocycles. The summed E-state index contributed by atoms with van der Waals surface area (Å²) in [5, 5.41) is 0. The molecule has 0 aromatic heterocycles. The van der Waals surface area contributed by atoms with Gasteiger partial charge in [-0.1, -0.05) is 34.1 Å². The molecular formula is C22H13BrFNO5S. The SMILES string of the molecule is O=C1OC(c2cccc(Br)c2)=N/C1=C\c1ccc(OS(=O)(=O)c2ccc(F)cc2)cc1. The van der Waals surface area contributed by atoms with Crippen LogP contribution in [0.15, 0.2) is 92.9 Å². The number of benzene rings is 3. The second-order valence-electron chi connectivity index (χ2n) is 6.41. The van der Waals surface area contributed by atoms with Crippen molar-refractivity contribution in [2.75, 3.05) is 0 Å². The minimum Gasteiger partial charge on any atom is -0.402 e. The van der Waals surface area contributed by atoms with E-state index >= 15 is 0 Å². The van der Waals surface area contributed by atoms with Crippen molar-refractivity contribution in [2.24, 2.45) is 4.99 Å². The number of carbonyl (C=O) groups excluding carboxylic acids is 1. The molecule has 0 spiro atoms. The van der Waals surface area contributed by atoms with E-state index < -0.39 is 21.9 Å². The number of cyclic esters (lactones) is 1. The molecule has 9 heteroatoms. The zero-order valence-electron chi connectivity index (χ0n) is 15.7. The maximum absolute atomic E-state index is 13.0. The molecule has 0 aliphatic carbocycles. The van der Waals surface area contributed by atoms with Crippen molar-refractivity contribution < 1.29 is 26.5 Å². The fraction of sp³-hybridized carbons (Fsp3) is 0. The first-order valence-corrected chi connectivity index (χ1v) is 11.1. The van der Waals surface area contributed by atoms with E-state index in [1.165, 1.54) is 18.2 Å². The van der Waals surface area contributed by atoms with Crippen molar-refractivity contribution >= 4 is 44.0 Å². The number of ether oxygens (including phenoxy) is 1. The average molecular weight is 502 g/mol. The first kappa shape index (κ1) is 21.0. The number of hydrogen-bond donors (Lipinski definition) is 0. The maximum Gasteiger partial charge on any atom is 0.363 e. The van der Waals surface area contributed by atoms with Gasteiger partial charge in [-0.2, -0.15) is 8.42 Å². The van der Waals surface area contributed by atoms with Gasteiger partial charge in [0.2, 0.25) is 5.90 Å². The topological polar surface area (TPSA) is 82.0 Å². The van der Waals surface area contributed by atoms with Crippen LogP contribution < -0.4 is 4.18 Å². The second-order valence-corrected chi connectivity index (χ2v) is 8.87. The number of carbonyl (C=O) groups is 1. The van der Waals surface area contributed by atoms with Crippen LogP contribution in [0.5, 0.6) is 5.75 Å². The smallest absolute Gasteiger partial charge is 0.363 e. The summed E-state index contributed by atoms with van der Waals surface area (Å²) in [6.07, 6.45) is 1.52. The highest BCUT2D eigenvalue weighted by Gasteiger charge is 2.24. The molecule has 1 aliphatic rings. The lowest BCUT2D eigenvalue weighted by atomic mass is 10.2. The van der Waals surface area contributed by atoms with Gasteiger partial charge in [-0.3, -0.25) is 0 Å². The summed E-state index contributed by atoms with van der Waals surface area (Å²) in [4.78, 5) is 16.2. The standard InChI is InChI=1S/C22H13BrFNO5S/c23-16-3-1-2-15(13-16)21-25-20(22(26)29-21)12-14-4-8-18(9-5-14)30-31(27,28)19-10-6-17(24)7-11-19/h1-13H/b20-12-. The van der Waals surface area contributed by atoms with Gasteiger partial charge in [-0.25, -0.2) is 14.2 Å². The predicted molar refractivity (Wildman–Crippen MR) is 115 cm³/mol. The third-order valence-electron chi connectivity index (χ3n) is 4.18. The lowest BCUT2D eigenvalue weighted by Crippen LogP contribution is -2.09. The summed E-state index contributed by atoms with van der Waals surface area (Å²) in [6.45, 7) is 0. The van der Waals surface area contributed by atoms with Crippen molar-refractivity contribution in [1.29, 1.82) is 0 Å². The van der Waals surface area contributed by atoms with Crippen LogP contribution in [0.4, 0.5) is 4.39 Å². The van der Waals surface area contributed by atoms with E-state index in [4.69, 9.17) is 8.92 Å². The molecule has 0 saturated carbocycles. The van der Waals surface area contributed by atoms with Gasteiger partial charge in [0, 0.05) is 10.0 Å². The maximum atomic E-state index is 13.0. The Bertz CT molecular complexity index is 1320. The first-order chi connectivity index (χ1) is 14.8. The van der Waals surface area contributed by atoms with Crippen molar-refractivity contribution in [3.8, 4) is 5.75 Å². The average Bonchev–Trinajstić information content (AvgIpc) is 3.10. The number of halogens is 2. The van der Waals surface area contributed by atoms with Crippen molar-refractivity contribution in [3.63, 3.8) is 0 Å². The van der Waals surface area contributed by atoms with Crippen molar-refractivity contribution in [3.05, 3.63) is 99.9 Å². The molecular weight excluding hydrogens is 489 g/mol. The molecule has 1 aliphatic heterocycles. The van der Waals surface area contributed by atoms with Crippen molar-refractivity contribution in [2.45, 2.75) is 4.90 Å². The molecule has 0 saturated heterocycles. The molecule has 1 heterocycles. The van der Waals surface area contributed by atoms with Gasteiger partial charge < -0.3 is 8.92 Å². The summed E-state index contributed by atoms with van der Waals surface area (Å²) in [5.41, 5.74) is 1.36. The Labute approximate surface area is 185 Å². The highest BCUT2D eigenvalue weighted by Crippen LogP contribution is 2.23. The zero-order chi connectivity index (χ0) is 22.0. The fourth-order valence-corrected chi connectivity index (χ4v) is 4.04. The first-order valence-electron chi connectivity index (χ1n) is 8.89. The van der Waals surface area contributed by atoms with E-state index in [1.54, 1.807) is 30.3 Å². The van der Waals surface area contributed by atoms with Crippen LogP contribution in [0.3, 0.4) is 0 Å². The minimum absolute atomic E-state index is 0.0683. The van der Waals surface area contributed by atoms with E-state index in [-0.39, 0.29) is 22.2 Å². The Morgan fingerprint density at radius 1 is 1.00 bits per heavy atom. The largest absolute Gasteiger partial charge is 0.402 e. The normalized spacial score (nSPS) is 15.0. The monoisotopic (exact) mass is 501 g/mol. The summed E-state index contributed by atoms with van der Waals surface area (Å²) in [5.74, 6) is -0.872. The summed E-state index contributed by atoms with van der Waals surface area (Å²) < 4.78 is 48.7. The fourth-order valence-electron chi connectivity index (χ4n) is 2.71. The van der Waals surface area contributed by atoms with Gasteiger partial charge in [0.15, 0.2) is 5.70 Å². The van der Waals surface area contributed by atoms with Gasteiger partial charge in [0.1, 0.15) is 16.5 Å². The molecule has 6 nitrogen and oxygen atoms in total. The molecule has 0 unspecified atom stereocenters. The van der Waals surface area contributed by atoms with Gasteiger partial charge in [0.05, 0.1) is 0 Å². The number of rotatable bonds is 5. The molecule has 0 N–H and O–H groups in total. The molecule has 31 heavy (non-hydrogen) atoms. The molecule has 0 fully saturated rings.